The van der Waals surface area contributed by atoms with Gasteiger partial charge in [0, 0.05) is 18.8 Å². The van der Waals surface area contributed by atoms with E-state index >= 15 is 0 Å². The third-order valence-electron chi connectivity index (χ3n) is 5.57. The van der Waals surface area contributed by atoms with Crippen LogP contribution in [0.1, 0.15) is 38.3 Å². The van der Waals surface area contributed by atoms with E-state index in [1.807, 2.05) is 37.3 Å². The standard InChI is InChI=1S/C22H27N5O4/c1-3-30-21(29)19-15(2)26(13-18(28)23-12-17-10-7-11-31-17)22-24-14-25-27(22)20(19)16-8-5-4-6-9-16/h4-6,8-9,14,17,20H,3,7,10-13H2,1-2H3,(H,23,28)/t17-,20-/m1/s1. The lowest BCUT2D eigenvalue weighted by molar-refractivity contribution is -0.139. The Morgan fingerprint density at radius 2 is 2.10 bits per heavy atom. The van der Waals surface area contributed by atoms with Crippen molar-refractivity contribution in [3.63, 3.8) is 0 Å². The van der Waals surface area contributed by atoms with Crippen LogP contribution in [0, 0.1) is 0 Å². The Labute approximate surface area is 181 Å². The van der Waals surface area contributed by atoms with Gasteiger partial charge < -0.3 is 19.7 Å². The van der Waals surface area contributed by atoms with Crippen molar-refractivity contribution in [2.75, 3.05) is 31.2 Å². The zero-order valence-electron chi connectivity index (χ0n) is 17.8. The summed E-state index contributed by atoms with van der Waals surface area (Å²) in [6.45, 7) is 5.06. The molecule has 2 atom stereocenters. The van der Waals surface area contributed by atoms with E-state index in [2.05, 4.69) is 15.4 Å². The highest BCUT2D eigenvalue weighted by molar-refractivity contribution is 5.93. The van der Waals surface area contributed by atoms with E-state index in [1.54, 1.807) is 16.5 Å². The predicted octanol–water partition coefficient (Wildman–Crippen LogP) is 1.82. The number of benzene rings is 1. The largest absolute Gasteiger partial charge is 0.463 e. The summed E-state index contributed by atoms with van der Waals surface area (Å²) in [5, 5.41) is 7.30. The Morgan fingerprint density at radius 3 is 2.81 bits per heavy atom. The van der Waals surface area contributed by atoms with Crippen LogP contribution in [-0.2, 0) is 19.1 Å². The molecule has 1 saturated heterocycles. The zero-order valence-corrected chi connectivity index (χ0v) is 17.8. The number of aromatic nitrogens is 3. The maximum Gasteiger partial charge on any atom is 0.338 e. The van der Waals surface area contributed by atoms with Crippen LogP contribution >= 0.6 is 0 Å². The number of nitrogens with zero attached hydrogens (tertiary/aromatic N) is 4. The molecule has 9 nitrogen and oxygen atoms in total. The Kier molecular flexibility index (Phi) is 6.31. The maximum atomic E-state index is 13.0. The molecule has 4 rings (SSSR count). The van der Waals surface area contributed by atoms with Gasteiger partial charge in [-0.1, -0.05) is 30.3 Å². The molecule has 0 spiro atoms. The number of amides is 1. The van der Waals surface area contributed by atoms with E-state index in [0.717, 1.165) is 25.0 Å². The highest BCUT2D eigenvalue weighted by atomic mass is 16.5. The summed E-state index contributed by atoms with van der Waals surface area (Å²) in [6, 6.07) is 9.13. The maximum absolute atomic E-state index is 13.0. The molecule has 0 bridgehead atoms. The Morgan fingerprint density at radius 1 is 1.29 bits per heavy atom. The third kappa shape index (κ3) is 4.32. The van der Waals surface area contributed by atoms with Gasteiger partial charge in [0.05, 0.1) is 18.3 Å². The highest BCUT2D eigenvalue weighted by Crippen LogP contribution is 2.38. The van der Waals surface area contributed by atoms with E-state index in [1.165, 1.54) is 6.33 Å². The van der Waals surface area contributed by atoms with Crippen molar-refractivity contribution in [3.05, 3.63) is 53.5 Å². The zero-order chi connectivity index (χ0) is 21.8. The first-order valence-electron chi connectivity index (χ1n) is 10.6. The molecule has 0 aliphatic carbocycles. The second kappa shape index (κ2) is 9.30. The van der Waals surface area contributed by atoms with Crippen LogP contribution < -0.4 is 10.2 Å². The smallest absolute Gasteiger partial charge is 0.338 e. The van der Waals surface area contributed by atoms with Gasteiger partial charge in [-0.05, 0) is 32.3 Å². The summed E-state index contributed by atoms with van der Waals surface area (Å²) in [5.41, 5.74) is 1.96. The molecule has 0 saturated carbocycles. The van der Waals surface area contributed by atoms with Crippen molar-refractivity contribution in [2.24, 2.45) is 0 Å². The van der Waals surface area contributed by atoms with Crippen LogP contribution in [0.3, 0.4) is 0 Å². The normalized spacial score (nSPS) is 20.5. The van der Waals surface area contributed by atoms with Gasteiger partial charge in [0.25, 0.3) is 0 Å². The van der Waals surface area contributed by atoms with Gasteiger partial charge in [-0.15, -0.1) is 0 Å². The molecule has 1 amide bonds. The molecule has 0 unspecified atom stereocenters. The van der Waals surface area contributed by atoms with Crippen molar-refractivity contribution in [1.82, 2.24) is 20.1 Å². The lowest BCUT2D eigenvalue weighted by atomic mass is 9.95. The van der Waals surface area contributed by atoms with Gasteiger partial charge in [0.2, 0.25) is 11.9 Å². The fraction of sp³-hybridized carbons (Fsp3) is 0.455. The van der Waals surface area contributed by atoms with Crippen LogP contribution in [0.2, 0.25) is 0 Å². The molecule has 2 aliphatic heterocycles. The van der Waals surface area contributed by atoms with Crippen LogP contribution in [0.4, 0.5) is 5.95 Å². The molecule has 0 radical (unpaired) electrons. The number of carbonyl (C=O) groups is 2. The molecule has 2 aromatic rings. The van der Waals surface area contributed by atoms with Gasteiger partial charge in [0.15, 0.2) is 0 Å². The molecule has 164 valence electrons. The van der Waals surface area contributed by atoms with Crippen molar-refractivity contribution < 1.29 is 19.1 Å². The quantitative estimate of drug-likeness (QED) is 0.676. The van der Waals surface area contributed by atoms with Crippen molar-refractivity contribution in [1.29, 1.82) is 0 Å². The van der Waals surface area contributed by atoms with Crippen LogP contribution in [0.15, 0.2) is 47.9 Å². The third-order valence-corrected chi connectivity index (χ3v) is 5.57. The van der Waals surface area contributed by atoms with E-state index < -0.39 is 12.0 Å². The minimum absolute atomic E-state index is 0.0155. The average molecular weight is 425 g/mol. The highest BCUT2D eigenvalue weighted by Gasteiger charge is 2.38. The van der Waals surface area contributed by atoms with E-state index in [9.17, 15) is 9.59 Å². The number of rotatable bonds is 7. The molecule has 3 heterocycles. The van der Waals surface area contributed by atoms with Gasteiger partial charge in [0.1, 0.15) is 18.9 Å². The molecule has 1 fully saturated rings. The fourth-order valence-corrected chi connectivity index (χ4v) is 4.07. The molecule has 1 N–H and O–H groups in total. The number of anilines is 1. The SMILES string of the molecule is CCOC(=O)C1=C(C)N(CC(=O)NC[C@H]2CCCO2)c2ncnn2[C@@H]1c1ccccc1. The number of carbonyl (C=O) groups excluding carboxylic acids is 2. The number of fused-ring (bicyclic) bond motifs is 1. The Balaban J connectivity index is 1.65. The summed E-state index contributed by atoms with van der Waals surface area (Å²) in [4.78, 5) is 31.8. The molecule has 9 heteroatoms. The van der Waals surface area contributed by atoms with Gasteiger partial charge in [-0.25, -0.2) is 9.48 Å². The van der Waals surface area contributed by atoms with Crippen molar-refractivity contribution in [3.8, 4) is 0 Å². The molecule has 1 aromatic carbocycles. The van der Waals surface area contributed by atoms with E-state index in [4.69, 9.17) is 9.47 Å². The number of nitrogens with one attached hydrogen (secondary N) is 1. The van der Waals surface area contributed by atoms with Gasteiger partial charge >= 0.3 is 5.97 Å². The molecule has 2 aliphatic rings. The lowest BCUT2D eigenvalue weighted by Crippen LogP contribution is -2.44. The van der Waals surface area contributed by atoms with Gasteiger partial charge in [-0.2, -0.15) is 10.1 Å². The summed E-state index contributed by atoms with van der Waals surface area (Å²) in [6.07, 6.45) is 3.46. The number of ether oxygens (including phenoxy) is 2. The molecule has 1 aromatic heterocycles. The second-order valence-corrected chi connectivity index (χ2v) is 7.56. The van der Waals surface area contributed by atoms with Crippen molar-refractivity contribution >= 4 is 17.8 Å². The predicted molar refractivity (Wildman–Crippen MR) is 113 cm³/mol. The van der Waals surface area contributed by atoms with Crippen molar-refractivity contribution in [2.45, 2.75) is 38.8 Å². The summed E-state index contributed by atoms with van der Waals surface area (Å²) >= 11 is 0. The summed E-state index contributed by atoms with van der Waals surface area (Å²) < 4.78 is 12.6. The number of esters is 1. The van der Waals surface area contributed by atoms with E-state index in [0.29, 0.717) is 23.8 Å². The fourth-order valence-electron chi connectivity index (χ4n) is 4.07. The first-order chi connectivity index (χ1) is 15.1. The Bertz CT molecular complexity index is 965. The minimum Gasteiger partial charge on any atom is -0.463 e. The second-order valence-electron chi connectivity index (χ2n) is 7.56. The van der Waals surface area contributed by atoms with E-state index in [-0.39, 0.29) is 25.2 Å². The average Bonchev–Trinajstić information content (AvgIpc) is 3.46. The van der Waals surface area contributed by atoms with Crippen LogP contribution in [0.25, 0.3) is 0 Å². The minimum atomic E-state index is -0.482. The molecule has 31 heavy (non-hydrogen) atoms. The molecular formula is C22H27N5O4. The van der Waals surface area contributed by atoms with Crippen LogP contribution in [-0.4, -0.2) is 59.0 Å². The number of hydrogen-bond donors (Lipinski definition) is 1. The number of allylic oxidation sites excluding steroid dienone is 1. The summed E-state index contributed by atoms with van der Waals surface area (Å²) in [7, 11) is 0. The first-order valence-corrected chi connectivity index (χ1v) is 10.6. The Hall–Kier alpha value is -3.20. The number of hydrogen-bond acceptors (Lipinski definition) is 7. The monoisotopic (exact) mass is 425 g/mol. The summed E-state index contributed by atoms with van der Waals surface area (Å²) in [5.74, 6) is -0.0998. The van der Waals surface area contributed by atoms with Crippen LogP contribution in [0.5, 0.6) is 0 Å². The van der Waals surface area contributed by atoms with Gasteiger partial charge in [-0.3, -0.25) is 4.79 Å². The topological polar surface area (TPSA) is 98.6 Å². The first kappa shape index (κ1) is 21.0. The lowest BCUT2D eigenvalue weighted by Gasteiger charge is -2.35. The molecular weight excluding hydrogens is 398 g/mol.